The molecule has 7 heteroatoms. The number of aliphatic hydroxyl groups excluding tert-OH is 2. The number of halogens is 1. The predicted octanol–water partition coefficient (Wildman–Crippen LogP) is 3.04. The van der Waals surface area contributed by atoms with Gasteiger partial charge in [0.05, 0.1) is 11.7 Å². The monoisotopic (exact) mass is 431 g/mol. The molecular formula is C24H30FNO5. The van der Waals surface area contributed by atoms with Crippen molar-refractivity contribution in [1.82, 2.24) is 5.32 Å². The summed E-state index contributed by atoms with van der Waals surface area (Å²) in [5, 5.41) is 23.6. The van der Waals surface area contributed by atoms with Gasteiger partial charge >= 0.3 is 0 Å². The van der Waals surface area contributed by atoms with E-state index in [4.69, 9.17) is 9.47 Å². The third kappa shape index (κ3) is 5.42. The largest absolute Gasteiger partial charge is 0.462 e. The predicted molar refractivity (Wildman–Crippen MR) is 115 cm³/mol. The highest BCUT2D eigenvalue weighted by molar-refractivity contribution is 5.73. The first-order valence-corrected chi connectivity index (χ1v) is 10.4. The van der Waals surface area contributed by atoms with Crippen LogP contribution in [0.1, 0.15) is 33.3 Å². The molecule has 1 aliphatic rings. The highest BCUT2D eigenvalue weighted by Gasteiger charge is 2.47. The number of carbonyl (C=O) groups is 1. The number of ether oxygens (including phenoxy) is 2. The SMILES string of the molecule is CC(=O)NCCc1ccc(O[C@H]2OC(C)(C)[C@H](C)[C@@H](O)[C@H]2O)cc1-c1cccc(F)c1. The Morgan fingerprint density at radius 2 is 1.94 bits per heavy atom. The van der Waals surface area contributed by atoms with Crippen molar-refractivity contribution >= 4 is 5.91 Å². The van der Waals surface area contributed by atoms with Gasteiger partial charge in [0.15, 0.2) is 0 Å². The molecule has 6 nitrogen and oxygen atoms in total. The van der Waals surface area contributed by atoms with E-state index < -0.39 is 24.1 Å². The summed E-state index contributed by atoms with van der Waals surface area (Å²) in [6.07, 6.45) is -2.70. The van der Waals surface area contributed by atoms with Gasteiger partial charge in [0.2, 0.25) is 12.2 Å². The molecule has 2 aromatic rings. The molecule has 168 valence electrons. The van der Waals surface area contributed by atoms with E-state index in [-0.39, 0.29) is 17.6 Å². The molecule has 4 atom stereocenters. The van der Waals surface area contributed by atoms with Crippen LogP contribution in [-0.4, -0.2) is 46.8 Å². The van der Waals surface area contributed by atoms with E-state index in [2.05, 4.69) is 5.32 Å². The third-order valence-electron chi connectivity index (χ3n) is 5.89. The quantitative estimate of drug-likeness (QED) is 0.654. The van der Waals surface area contributed by atoms with Gasteiger partial charge in [0.1, 0.15) is 17.7 Å². The summed E-state index contributed by atoms with van der Waals surface area (Å²) in [6.45, 7) is 7.39. The Labute approximate surface area is 182 Å². The van der Waals surface area contributed by atoms with Gasteiger partial charge in [-0.1, -0.05) is 25.1 Å². The van der Waals surface area contributed by atoms with E-state index in [9.17, 15) is 19.4 Å². The lowest BCUT2D eigenvalue weighted by molar-refractivity contribution is -0.284. The summed E-state index contributed by atoms with van der Waals surface area (Å²) in [6, 6.07) is 11.6. The number of hydrogen-bond acceptors (Lipinski definition) is 5. The number of benzene rings is 2. The minimum atomic E-state index is -1.21. The molecule has 1 fully saturated rings. The van der Waals surface area contributed by atoms with E-state index in [0.717, 1.165) is 11.1 Å². The second kappa shape index (κ2) is 9.34. The second-order valence-corrected chi connectivity index (χ2v) is 8.54. The fourth-order valence-electron chi connectivity index (χ4n) is 3.72. The van der Waals surface area contributed by atoms with Gasteiger partial charge in [-0.05, 0) is 61.2 Å². The molecule has 0 unspecified atom stereocenters. The van der Waals surface area contributed by atoms with Crippen LogP contribution < -0.4 is 10.1 Å². The van der Waals surface area contributed by atoms with Crippen LogP contribution in [0.5, 0.6) is 5.75 Å². The molecule has 1 saturated heterocycles. The molecule has 31 heavy (non-hydrogen) atoms. The van der Waals surface area contributed by atoms with Crippen molar-refractivity contribution < 1.29 is 28.9 Å². The molecule has 3 rings (SSSR count). The Balaban J connectivity index is 1.89. The minimum Gasteiger partial charge on any atom is -0.462 e. The van der Waals surface area contributed by atoms with Crippen molar-refractivity contribution in [2.75, 3.05) is 6.54 Å². The zero-order chi connectivity index (χ0) is 22.8. The average Bonchev–Trinajstić information content (AvgIpc) is 2.71. The molecule has 0 saturated carbocycles. The Hall–Kier alpha value is -2.48. The van der Waals surface area contributed by atoms with Crippen LogP contribution in [0.15, 0.2) is 42.5 Å². The number of carbonyl (C=O) groups excluding carboxylic acids is 1. The van der Waals surface area contributed by atoms with Crippen molar-refractivity contribution in [3.8, 4) is 16.9 Å². The molecular weight excluding hydrogens is 401 g/mol. The molecule has 1 amide bonds. The van der Waals surface area contributed by atoms with Crippen LogP contribution in [-0.2, 0) is 16.0 Å². The summed E-state index contributed by atoms with van der Waals surface area (Å²) in [5.41, 5.74) is 1.64. The maximum Gasteiger partial charge on any atom is 0.229 e. The summed E-state index contributed by atoms with van der Waals surface area (Å²) in [4.78, 5) is 11.2. The smallest absolute Gasteiger partial charge is 0.229 e. The number of rotatable bonds is 6. The fraction of sp³-hybridized carbons (Fsp3) is 0.458. The van der Waals surface area contributed by atoms with Crippen LogP contribution >= 0.6 is 0 Å². The molecule has 0 aromatic heterocycles. The minimum absolute atomic E-state index is 0.119. The lowest BCUT2D eigenvalue weighted by Crippen LogP contribution is -2.59. The Morgan fingerprint density at radius 1 is 1.19 bits per heavy atom. The number of hydrogen-bond donors (Lipinski definition) is 3. The van der Waals surface area contributed by atoms with Gasteiger partial charge in [-0.2, -0.15) is 0 Å². The van der Waals surface area contributed by atoms with Crippen molar-refractivity contribution in [3.05, 3.63) is 53.8 Å². The molecule has 0 aliphatic carbocycles. The van der Waals surface area contributed by atoms with E-state index in [1.807, 2.05) is 26.8 Å². The lowest BCUT2D eigenvalue weighted by atomic mass is 9.82. The maximum absolute atomic E-state index is 13.9. The molecule has 3 N–H and O–H groups in total. The van der Waals surface area contributed by atoms with Crippen LogP contribution in [0.3, 0.4) is 0 Å². The zero-order valence-corrected chi connectivity index (χ0v) is 18.3. The van der Waals surface area contributed by atoms with Gasteiger partial charge in [-0.3, -0.25) is 4.79 Å². The van der Waals surface area contributed by atoms with Crippen molar-refractivity contribution in [2.24, 2.45) is 5.92 Å². The van der Waals surface area contributed by atoms with Crippen LogP contribution in [0, 0.1) is 11.7 Å². The first kappa shape index (κ1) is 23.2. The Kier molecular flexibility index (Phi) is 6.99. The van der Waals surface area contributed by atoms with E-state index in [0.29, 0.717) is 24.3 Å². The normalized spacial score (nSPS) is 25.1. The highest BCUT2D eigenvalue weighted by atomic mass is 19.1. The number of aliphatic hydroxyl groups is 2. The van der Waals surface area contributed by atoms with Crippen LogP contribution in [0.4, 0.5) is 4.39 Å². The summed E-state index contributed by atoms with van der Waals surface area (Å²) < 4.78 is 25.7. The van der Waals surface area contributed by atoms with Crippen molar-refractivity contribution in [1.29, 1.82) is 0 Å². The molecule has 2 aromatic carbocycles. The zero-order valence-electron chi connectivity index (χ0n) is 18.3. The second-order valence-electron chi connectivity index (χ2n) is 8.54. The van der Waals surface area contributed by atoms with E-state index in [1.165, 1.54) is 19.1 Å². The third-order valence-corrected chi connectivity index (χ3v) is 5.89. The highest BCUT2D eigenvalue weighted by Crippen LogP contribution is 2.36. The molecule has 1 aliphatic heterocycles. The van der Waals surface area contributed by atoms with Crippen LogP contribution in [0.25, 0.3) is 11.1 Å². The Morgan fingerprint density at radius 3 is 2.61 bits per heavy atom. The Bertz CT molecular complexity index is 932. The van der Waals surface area contributed by atoms with E-state index in [1.54, 1.807) is 24.3 Å². The average molecular weight is 432 g/mol. The summed E-state index contributed by atoms with van der Waals surface area (Å²) in [5.74, 6) is -0.335. The van der Waals surface area contributed by atoms with Crippen molar-refractivity contribution in [2.45, 2.75) is 58.2 Å². The standard InChI is InChI=1S/C24H30FNO5/c1-14-21(28)22(29)23(31-24(14,3)4)30-19-9-8-16(10-11-26-15(2)27)20(13-19)17-6-5-7-18(25)12-17/h5-9,12-14,21-23,28-29H,10-11H2,1-4H3,(H,26,27)/t14-,21-,22-,23+/m1/s1. The number of amides is 1. The lowest BCUT2D eigenvalue weighted by Gasteiger charge is -2.46. The maximum atomic E-state index is 13.9. The summed E-state index contributed by atoms with van der Waals surface area (Å²) in [7, 11) is 0. The fourth-order valence-corrected chi connectivity index (χ4v) is 3.72. The first-order chi connectivity index (χ1) is 14.6. The van der Waals surface area contributed by atoms with Gasteiger partial charge in [0, 0.05) is 19.4 Å². The first-order valence-electron chi connectivity index (χ1n) is 10.4. The van der Waals surface area contributed by atoms with Crippen LogP contribution in [0.2, 0.25) is 0 Å². The molecule has 0 radical (unpaired) electrons. The van der Waals surface area contributed by atoms with Crippen molar-refractivity contribution in [3.63, 3.8) is 0 Å². The van der Waals surface area contributed by atoms with Gasteiger partial charge in [0.25, 0.3) is 0 Å². The van der Waals surface area contributed by atoms with Gasteiger partial charge in [-0.25, -0.2) is 4.39 Å². The number of nitrogens with one attached hydrogen (secondary N) is 1. The molecule has 0 bridgehead atoms. The van der Waals surface area contributed by atoms with Gasteiger partial charge < -0.3 is 25.0 Å². The topological polar surface area (TPSA) is 88.0 Å². The molecule has 1 heterocycles. The molecule has 0 spiro atoms. The van der Waals surface area contributed by atoms with Gasteiger partial charge in [-0.15, -0.1) is 0 Å². The van der Waals surface area contributed by atoms with E-state index >= 15 is 0 Å². The summed E-state index contributed by atoms with van der Waals surface area (Å²) >= 11 is 0.